The Morgan fingerprint density at radius 3 is 2.94 bits per heavy atom. The second-order valence-corrected chi connectivity index (χ2v) is 3.77. The summed E-state index contributed by atoms with van der Waals surface area (Å²) in [5, 5.41) is 23.3. The Morgan fingerprint density at radius 2 is 2.22 bits per heavy atom. The van der Waals surface area contributed by atoms with Crippen LogP contribution in [0.15, 0.2) is 36.5 Å². The van der Waals surface area contributed by atoms with Gasteiger partial charge < -0.3 is 5.11 Å². The molecule has 0 spiro atoms. The number of benzene rings is 1. The van der Waals surface area contributed by atoms with Gasteiger partial charge in [-0.05, 0) is 24.3 Å². The van der Waals surface area contributed by atoms with E-state index in [1.54, 1.807) is 22.8 Å². The van der Waals surface area contributed by atoms with Crippen molar-refractivity contribution in [2.24, 2.45) is 0 Å². The lowest BCUT2D eigenvalue weighted by molar-refractivity contribution is -0.384. The lowest BCUT2D eigenvalue weighted by Crippen LogP contribution is -1.93. The minimum atomic E-state index is -0.507. The number of hydrogen-bond donors (Lipinski definition) is 2. The number of aromatic nitrogens is 3. The Balaban J connectivity index is 2.24. The van der Waals surface area contributed by atoms with Crippen LogP contribution in [0.2, 0.25) is 0 Å². The zero-order chi connectivity index (χ0) is 12.7. The normalized spacial score (nSPS) is 10.9. The third-order valence-corrected chi connectivity index (χ3v) is 2.61. The highest BCUT2D eigenvalue weighted by molar-refractivity contribution is 5.70. The predicted molar refractivity (Wildman–Crippen MR) is 63.3 cm³/mol. The molecule has 0 atom stereocenters. The first kappa shape index (κ1) is 10.3. The summed E-state index contributed by atoms with van der Waals surface area (Å²) in [6.07, 6.45) is 1.75. The largest absolute Gasteiger partial charge is 0.508 e. The molecule has 0 aliphatic heterocycles. The van der Waals surface area contributed by atoms with Crippen LogP contribution in [0.3, 0.4) is 0 Å². The van der Waals surface area contributed by atoms with E-state index in [4.69, 9.17) is 0 Å². The third-order valence-electron chi connectivity index (χ3n) is 2.61. The van der Waals surface area contributed by atoms with Gasteiger partial charge in [0, 0.05) is 12.3 Å². The van der Waals surface area contributed by atoms with Crippen LogP contribution >= 0.6 is 0 Å². The topological polar surface area (TPSA) is 96.5 Å². The van der Waals surface area contributed by atoms with Crippen molar-refractivity contribution in [1.82, 2.24) is 14.6 Å². The number of nitrogens with zero attached hydrogens (tertiary/aromatic N) is 3. The molecule has 18 heavy (non-hydrogen) atoms. The van der Waals surface area contributed by atoms with E-state index in [-0.39, 0.29) is 17.0 Å². The molecule has 1 aromatic carbocycles. The van der Waals surface area contributed by atoms with Crippen LogP contribution in [-0.4, -0.2) is 24.6 Å². The van der Waals surface area contributed by atoms with Crippen molar-refractivity contribution in [3.63, 3.8) is 0 Å². The van der Waals surface area contributed by atoms with Crippen molar-refractivity contribution >= 4 is 11.3 Å². The van der Waals surface area contributed by atoms with Gasteiger partial charge in [-0.3, -0.25) is 15.2 Å². The highest BCUT2D eigenvalue weighted by Crippen LogP contribution is 2.31. The van der Waals surface area contributed by atoms with Crippen molar-refractivity contribution in [2.45, 2.75) is 0 Å². The van der Waals surface area contributed by atoms with E-state index >= 15 is 0 Å². The fourth-order valence-corrected chi connectivity index (χ4v) is 1.80. The molecule has 0 bridgehead atoms. The zero-order valence-electron chi connectivity index (χ0n) is 9.07. The summed E-state index contributed by atoms with van der Waals surface area (Å²) in [6.45, 7) is 0. The summed E-state index contributed by atoms with van der Waals surface area (Å²) in [7, 11) is 0. The SMILES string of the molecule is O=[N+]([O-])c1ccc(O)cc1-c1nc2cccn2[nH]1. The number of aromatic hydroxyl groups is 1. The second-order valence-electron chi connectivity index (χ2n) is 3.77. The maximum atomic E-state index is 10.9. The van der Waals surface area contributed by atoms with Crippen LogP contribution < -0.4 is 0 Å². The average molecular weight is 244 g/mol. The van der Waals surface area contributed by atoms with Gasteiger partial charge in [0.15, 0.2) is 11.5 Å². The number of phenols is 1. The molecule has 0 fully saturated rings. The van der Waals surface area contributed by atoms with Gasteiger partial charge >= 0.3 is 0 Å². The molecule has 7 nitrogen and oxygen atoms in total. The zero-order valence-corrected chi connectivity index (χ0v) is 9.07. The molecular formula is C11H8N4O3. The lowest BCUT2D eigenvalue weighted by atomic mass is 10.1. The van der Waals surface area contributed by atoms with Gasteiger partial charge in [-0.15, -0.1) is 0 Å². The molecule has 90 valence electrons. The lowest BCUT2D eigenvalue weighted by Gasteiger charge is -2.00. The average Bonchev–Trinajstić information content (AvgIpc) is 2.88. The Morgan fingerprint density at radius 1 is 1.39 bits per heavy atom. The first-order valence-corrected chi connectivity index (χ1v) is 5.16. The summed E-state index contributed by atoms with van der Waals surface area (Å²) in [6, 6.07) is 7.42. The first-order valence-electron chi connectivity index (χ1n) is 5.16. The molecule has 2 aromatic heterocycles. The maximum Gasteiger partial charge on any atom is 0.280 e. The molecule has 0 aliphatic carbocycles. The molecule has 0 saturated carbocycles. The maximum absolute atomic E-state index is 10.9. The van der Waals surface area contributed by atoms with Crippen molar-refractivity contribution in [2.75, 3.05) is 0 Å². The minimum absolute atomic E-state index is 0.0447. The minimum Gasteiger partial charge on any atom is -0.508 e. The van der Waals surface area contributed by atoms with Crippen molar-refractivity contribution in [3.05, 3.63) is 46.6 Å². The standard InChI is InChI=1S/C11H8N4O3/c16-7-3-4-9(15(17)18)8(6-7)11-12-10-2-1-5-14(10)13-11/h1-6,16H,(H,12,13). The molecule has 0 unspecified atom stereocenters. The molecule has 0 amide bonds. The van der Waals surface area contributed by atoms with Gasteiger partial charge in [0.05, 0.1) is 4.92 Å². The summed E-state index contributed by atoms with van der Waals surface area (Å²) >= 11 is 0. The molecule has 2 heterocycles. The van der Waals surface area contributed by atoms with Gasteiger partial charge in [-0.25, -0.2) is 9.50 Å². The van der Waals surface area contributed by atoms with Crippen LogP contribution in [0.5, 0.6) is 5.75 Å². The Bertz CT molecular complexity index is 715. The Labute approximate surface area is 100 Å². The van der Waals surface area contributed by atoms with Crippen molar-refractivity contribution in [1.29, 1.82) is 0 Å². The highest BCUT2D eigenvalue weighted by Gasteiger charge is 2.18. The Kier molecular flexibility index (Phi) is 2.06. The number of aromatic amines is 1. The molecule has 3 aromatic rings. The van der Waals surface area contributed by atoms with Gasteiger partial charge in [0.2, 0.25) is 0 Å². The van der Waals surface area contributed by atoms with Crippen LogP contribution in [0.4, 0.5) is 5.69 Å². The van der Waals surface area contributed by atoms with Crippen LogP contribution in [0, 0.1) is 10.1 Å². The number of nitro groups is 1. The van der Waals surface area contributed by atoms with Gasteiger partial charge in [-0.1, -0.05) is 0 Å². The Hall–Kier alpha value is -2.83. The number of phenolic OH excluding ortho intramolecular Hbond substituents is 1. The van der Waals surface area contributed by atoms with Gasteiger partial charge in [0.25, 0.3) is 5.69 Å². The number of fused-ring (bicyclic) bond motifs is 1. The van der Waals surface area contributed by atoms with E-state index < -0.39 is 4.92 Å². The molecule has 2 N–H and O–H groups in total. The smallest absolute Gasteiger partial charge is 0.280 e. The first-order chi connectivity index (χ1) is 8.65. The van der Waals surface area contributed by atoms with E-state index in [0.717, 1.165) is 0 Å². The molecule has 0 aliphatic rings. The number of nitrogens with one attached hydrogen (secondary N) is 1. The van der Waals surface area contributed by atoms with Crippen LogP contribution in [0.1, 0.15) is 0 Å². The summed E-state index contributed by atoms with van der Waals surface area (Å²) in [5.74, 6) is 0.296. The monoisotopic (exact) mass is 244 g/mol. The number of nitro benzene ring substituents is 1. The van der Waals surface area contributed by atoms with E-state index in [1.807, 2.05) is 0 Å². The molecule has 0 saturated heterocycles. The van der Waals surface area contributed by atoms with Crippen molar-refractivity contribution < 1.29 is 10.0 Å². The van der Waals surface area contributed by atoms with Crippen LogP contribution in [-0.2, 0) is 0 Å². The molecule has 3 rings (SSSR count). The number of hydrogen-bond acceptors (Lipinski definition) is 4. The fourth-order valence-electron chi connectivity index (χ4n) is 1.80. The quantitative estimate of drug-likeness (QED) is 0.531. The summed E-state index contributed by atoms with van der Waals surface area (Å²) in [5.41, 5.74) is 0.802. The van der Waals surface area contributed by atoms with Crippen molar-refractivity contribution in [3.8, 4) is 17.1 Å². The number of H-pyrrole nitrogens is 1. The molecule has 7 heteroatoms. The summed E-state index contributed by atoms with van der Waals surface area (Å²) in [4.78, 5) is 14.6. The number of rotatable bonds is 2. The van der Waals surface area contributed by atoms with E-state index in [2.05, 4.69) is 10.1 Å². The molecule has 0 radical (unpaired) electrons. The predicted octanol–water partition coefficient (Wildman–Crippen LogP) is 1.94. The second kappa shape index (κ2) is 3.59. The molecular weight excluding hydrogens is 236 g/mol. The van der Waals surface area contributed by atoms with Crippen LogP contribution in [0.25, 0.3) is 17.0 Å². The fraction of sp³-hybridized carbons (Fsp3) is 0. The highest BCUT2D eigenvalue weighted by atomic mass is 16.6. The van der Waals surface area contributed by atoms with Gasteiger partial charge in [-0.2, -0.15) is 0 Å². The van der Waals surface area contributed by atoms with Gasteiger partial charge in [0.1, 0.15) is 11.3 Å². The van der Waals surface area contributed by atoms with E-state index in [0.29, 0.717) is 11.5 Å². The van der Waals surface area contributed by atoms with E-state index in [1.165, 1.54) is 18.2 Å². The van der Waals surface area contributed by atoms with E-state index in [9.17, 15) is 15.2 Å². The third kappa shape index (κ3) is 1.49. The summed E-state index contributed by atoms with van der Waals surface area (Å²) < 4.78 is 1.64.